The van der Waals surface area contributed by atoms with Crippen LogP contribution in [0.3, 0.4) is 0 Å². The lowest BCUT2D eigenvalue weighted by atomic mass is 10.1. The lowest BCUT2D eigenvalue weighted by molar-refractivity contribution is -0.140. The van der Waals surface area contributed by atoms with E-state index >= 15 is 0 Å². The third-order valence-electron chi connectivity index (χ3n) is 5.99. The van der Waals surface area contributed by atoms with Crippen LogP contribution in [0.1, 0.15) is 46.4 Å². The van der Waals surface area contributed by atoms with Gasteiger partial charge in [0.25, 0.3) is 0 Å². The van der Waals surface area contributed by atoms with E-state index in [0.717, 1.165) is 12.5 Å². The zero-order valence-corrected chi connectivity index (χ0v) is 20.1. The molecule has 1 saturated carbocycles. The topological polar surface area (TPSA) is 129 Å². The lowest BCUT2D eigenvalue weighted by Gasteiger charge is -2.16. The molecule has 1 aliphatic rings. The largest absolute Gasteiger partial charge is 0.419 e. The molecule has 4 rings (SSSR count). The fraction of sp³-hybridized carbons (Fsp3) is 0.348. The van der Waals surface area contributed by atoms with E-state index in [1.54, 1.807) is 6.07 Å². The maximum atomic E-state index is 13.6. The van der Waals surface area contributed by atoms with E-state index in [1.807, 2.05) is 0 Å². The third-order valence-corrected chi connectivity index (χ3v) is 6.45. The molecule has 1 aliphatic carbocycles. The van der Waals surface area contributed by atoms with Crippen LogP contribution in [0.4, 0.5) is 23.2 Å². The van der Waals surface area contributed by atoms with Crippen molar-refractivity contribution in [1.82, 2.24) is 14.8 Å². The lowest BCUT2D eigenvalue weighted by Crippen LogP contribution is -2.21. The van der Waals surface area contributed by atoms with E-state index in [0.29, 0.717) is 24.6 Å². The van der Waals surface area contributed by atoms with Crippen LogP contribution in [0, 0.1) is 11.7 Å². The fourth-order valence-electron chi connectivity index (χ4n) is 4.25. The molecular weight excluding hydrogens is 518 g/mol. The molecule has 14 heteroatoms. The minimum atomic E-state index is -4.83. The highest BCUT2D eigenvalue weighted by atomic mass is 32.2. The minimum absolute atomic E-state index is 0.0168. The van der Waals surface area contributed by atoms with Crippen LogP contribution in [0.15, 0.2) is 48.9 Å². The molecule has 2 aromatic heterocycles. The van der Waals surface area contributed by atoms with E-state index in [2.05, 4.69) is 19.6 Å². The first-order chi connectivity index (χ1) is 17.4. The molecule has 3 aromatic rings. The van der Waals surface area contributed by atoms with Crippen LogP contribution in [-0.2, 0) is 27.2 Å². The second-order valence-corrected chi connectivity index (χ2v) is 9.98. The average Bonchev–Trinajstić information content (AvgIpc) is 3.47. The van der Waals surface area contributed by atoms with Crippen LogP contribution in [0.5, 0.6) is 0 Å². The highest BCUT2D eigenvalue weighted by molar-refractivity contribution is 7.84. The van der Waals surface area contributed by atoms with Crippen molar-refractivity contribution in [2.45, 2.75) is 38.0 Å². The number of alkyl halides is 3. The van der Waals surface area contributed by atoms with Gasteiger partial charge in [0, 0.05) is 30.3 Å². The van der Waals surface area contributed by atoms with E-state index in [4.69, 9.17) is 5.14 Å². The van der Waals surface area contributed by atoms with E-state index in [1.165, 1.54) is 35.4 Å². The van der Waals surface area contributed by atoms with Crippen LogP contribution < -0.4 is 10.5 Å². The predicted molar refractivity (Wildman–Crippen MR) is 124 cm³/mol. The Hall–Kier alpha value is -3.36. The third kappa shape index (κ3) is 6.90. The van der Waals surface area contributed by atoms with Crippen molar-refractivity contribution in [1.29, 1.82) is 0 Å². The number of hydrogen-bond acceptors (Lipinski definition) is 7. The van der Waals surface area contributed by atoms with Crippen molar-refractivity contribution in [2.75, 3.05) is 11.9 Å². The quantitative estimate of drug-likeness (QED) is 0.313. The van der Waals surface area contributed by atoms with Crippen molar-refractivity contribution in [3.05, 3.63) is 77.1 Å². The monoisotopic (exact) mass is 541 g/mol. The Labute approximate surface area is 209 Å². The summed E-state index contributed by atoms with van der Waals surface area (Å²) in [4.78, 5) is 17.2. The van der Waals surface area contributed by atoms with Crippen molar-refractivity contribution in [3.8, 4) is 0 Å². The predicted octanol–water partition coefficient (Wildman–Crippen LogP) is 3.52. The first kappa shape index (κ1) is 26.7. The number of nitrogens with two attached hydrogens (primary N) is 1. The number of aromatic nitrogens is 3. The molecule has 198 valence electrons. The van der Waals surface area contributed by atoms with Gasteiger partial charge in [-0.1, -0.05) is 6.07 Å². The molecule has 2 atom stereocenters. The Morgan fingerprint density at radius 3 is 2.73 bits per heavy atom. The summed E-state index contributed by atoms with van der Waals surface area (Å²) in [6, 6.07) is 5.71. The number of carbonyl (C=O) groups excluding carboxylic acids is 1. The van der Waals surface area contributed by atoms with Gasteiger partial charge < -0.3 is 5.32 Å². The fourth-order valence-corrected chi connectivity index (χ4v) is 4.64. The Bertz CT molecular complexity index is 1390. The molecule has 1 fully saturated rings. The van der Waals surface area contributed by atoms with Crippen LogP contribution in [0.25, 0.3) is 0 Å². The number of carbonyl (C=O) groups is 1. The van der Waals surface area contributed by atoms with E-state index in [-0.39, 0.29) is 41.9 Å². The Kier molecular flexibility index (Phi) is 7.62. The molecule has 37 heavy (non-hydrogen) atoms. The van der Waals surface area contributed by atoms with Crippen molar-refractivity contribution in [3.63, 3.8) is 0 Å². The zero-order chi connectivity index (χ0) is 26.8. The highest BCUT2D eigenvalue weighted by Gasteiger charge is 2.34. The van der Waals surface area contributed by atoms with Crippen LogP contribution >= 0.6 is 0 Å². The van der Waals surface area contributed by atoms with Gasteiger partial charge in [0.2, 0.25) is 5.78 Å². The van der Waals surface area contributed by atoms with Gasteiger partial charge in [-0.25, -0.2) is 9.53 Å². The zero-order valence-electron chi connectivity index (χ0n) is 19.3. The molecule has 0 radical (unpaired) electrons. The van der Waals surface area contributed by atoms with E-state index in [9.17, 15) is 30.8 Å². The standard InChI is InChI=1S/C23H23F4N5O4S/c24-19-4-2-14(10-18(19)23(25,26)27)12-32-8-6-21(31-32)22(33)17-11-29-7-5-20(17)30-16-3-1-15(9-16)13-36-37(28,34)35/h2,4-8,10-11,15-16H,1,3,9,12-13H2,(H,29,30)(H2,28,34,35). The normalized spacial score (nSPS) is 18.2. The summed E-state index contributed by atoms with van der Waals surface area (Å²) >= 11 is 0. The van der Waals surface area contributed by atoms with Crippen LogP contribution in [0.2, 0.25) is 0 Å². The van der Waals surface area contributed by atoms with Gasteiger partial charge in [-0.15, -0.1) is 0 Å². The molecule has 2 heterocycles. The van der Waals surface area contributed by atoms with Crippen LogP contribution in [-0.4, -0.2) is 41.6 Å². The van der Waals surface area contributed by atoms with Gasteiger partial charge in [0.15, 0.2) is 0 Å². The summed E-state index contributed by atoms with van der Waals surface area (Å²) in [5, 5.41) is 12.3. The maximum Gasteiger partial charge on any atom is 0.419 e. The number of halogens is 4. The smallest absolute Gasteiger partial charge is 0.382 e. The number of rotatable bonds is 9. The molecule has 0 aliphatic heterocycles. The molecule has 0 saturated heterocycles. The summed E-state index contributed by atoms with van der Waals surface area (Å²) < 4.78 is 80.6. The van der Waals surface area contributed by atoms with Gasteiger partial charge in [-0.3, -0.25) is 18.6 Å². The number of ketones is 1. The highest BCUT2D eigenvalue weighted by Crippen LogP contribution is 2.32. The van der Waals surface area contributed by atoms with Gasteiger partial charge in [-0.2, -0.15) is 26.7 Å². The second-order valence-electron chi connectivity index (χ2n) is 8.76. The number of anilines is 1. The molecule has 0 amide bonds. The minimum Gasteiger partial charge on any atom is -0.382 e. The molecule has 1 aromatic carbocycles. The molecule has 0 bridgehead atoms. The summed E-state index contributed by atoms with van der Waals surface area (Å²) in [5.41, 5.74) is -0.384. The summed E-state index contributed by atoms with van der Waals surface area (Å²) in [7, 11) is -4.01. The first-order valence-corrected chi connectivity index (χ1v) is 12.7. The molecule has 3 N–H and O–H groups in total. The van der Waals surface area contributed by atoms with E-state index < -0.39 is 33.6 Å². The second kappa shape index (κ2) is 10.6. The average molecular weight is 542 g/mol. The Balaban J connectivity index is 1.44. The van der Waals surface area contributed by atoms with Crippen molar-refractivity contribution < 1.29 is 35.0 Å². The Morgan fingerprint density at radius 2 is 2.00 bits per heavy atom. The SMILES string of the molecule is NS(=O)(=O)OCC1CCC(Nc2ccncc2C(=O)c2ccn(Cc3ccc(F)c(C(F)(F)F)c3)n2)C1. The van der Waals surface area contributed by atoms with Crippen molar-refractivity contribution >= 4 is 21.8 Å². The first-order valence-electron chi connectivity index (χ1n) is 11.2. The number of nitrogens with zero attached hydrogens (tertiary/aromatic N) is 3. The van der Waals surface area contributed by atoms with Crippen molar-refractivity contribution in [2.24, 2.45) is 11.1 Å². The number of pyridine rings is 1. The molecule has 0 spiro atoms. The molecular formula is C23H23F4N5O4S. The number of benzene rings is 1. The Morgan fingerprint density at radius 1 is 1.22 bits per heavy atom. The summed E-state index contributed by atoms with van der Waals surface area (Å²) in [6.07, 6.45) is 1.56. The molecule has 2 unspecified atom stereocenters. The maximum absolute atomic E-state index is 13.6. The van der Waals surface area contributed by atoms with Gasteiger partial charge in [-0.05, 0) is 55.0 Å². The van der Waals surface area contributed by atoms with Gasteiger partial charge in [0.1, 0.15) is 11.5 Å². The summed E-state index contributed by atoms with van der Waals surface area (Å²) in [5.74, 6) is -1.83. The molecule has 9 nitrogen and oxygen atoms in total. The number of hydrogen-bond donors (Lipinski definition) is 2. The van der Waals surface area contributed by atoms with Gasteiger partial charge >= 0.3 is 16.5 Å². The number of nitrogens with one attached hydrogen (secondary N) is 1. The van der Waals surface area contributed by atoms with Gasteiger partial charge in [0.05, 0.1) is 24.3 Å². The summed E-state index contributed by atoms with van der Waals surface area (Å²) in [6.45, 7) is -0.117.